The van der Waals surface area contributed by atoms with Crippen LogP contribution in [0.3, 0.4) is 0 Å². The molecule has 0 aliphatic carbocycles. The van der Waals surface area contributed by atoms with Crippen LogP contribution in [0.5, 0.6) is 0 Å². The molecular formula is C19H24F3NO. The number of benzene rings is 1. The molecule has 1 aromatic rings. The van der Waals surface area contributed by atoms with Gasteiger partial charge in [-0.3, -0.25) is 0 Å². The van der Waals surface area contributed by atoms with Crippen molar-refractivity contribution >= 4 is 11.3 Å². The summed E-state index contributed by atoms with van der Waals surface area (Å²) in [4.78, 5) is 0. The summed E-state index contributed by atoms with van der Waals surface area (Å²) in [6.07, 6.45) is -0.314. The predicted molar refractivity (Wildman–Crippen MR) is 94.1 cm³/mol. The van der Waals surface area contributed by atoms with Gasteiger partial charge in [0.25, 0.3) is 0 Å². The van der Waals surface area contributed by atoms with Crippen molar-refractivity contribution in [2.45, 2.75) is 26.4 Å². The van der Waals surface area contributed by atoms with E-state index in [1.54, 1.807) is 7.11 Å². The van der Waals surface area contributed by atoms with E-state index in [4.69, 9.17) is 4.74 Å². The zero-order valence-corrected chi connectivity index (χ0v) is 14.3. The maximum absolute atomic E-state index is 12.7. The smallest absolute Gasteiger partial charge is 0.383 e. The molecule has 0 atom stereocenters. The van der Waals surface area contributed by atoms with Crippen LogP contribution in [0.4, 0.5) is 18.9 Å². The Labute approximate surface area is 141 Å². The summed E-state index contributed by atoms with van der Waals surface area (Å²) in [7, 11) is 1.64. The van der Waals surface area contributed by atoms with Gasteiger partial charge in [0.1, 0.15) is 0 Å². The number of halogens is 3. The lowest BCUT2D eigenvalue weighted by atomic mass is 9.97. The number of ether oxygens (including phenoxy) is 1. The standard InChI is InChI=1S/C19H24F3NO/c1-5-16(19(20,21)22)9-6-8-14(2)17-10-7-11-18(15(17)3)23-12-13-24-4/h5-7,9-11,23H,2,8,12-13H2,1,3-4H3/b9-6?,16-5+. The third-order valence-electron chi connectivity index (χ3n) is 3.64. The molecule has 0 unspecified atom stereocenters. The second-order valence-electron chi connectivity index (χ2n) is 5.35. The normalized spacial score (nSPS) is 12.7. The number of hydrogen-bond acceptors (Lipinski definition) is 2. The number of nitrogens with one attached hydrogen (secondary N) is 1. The Kier molecular flexibility index (Phi) is 7.79. The zero-order chi connectivity index (χ0) is 18.2. The minimum atomic E-state index is -4.33. The molecule has 0 aliphatic heterocycles. The highest BCUT2D eigenvalue weighted by molar-refractivity contribution is 5.72. The average molecular weight is 339 g/mol. The van der Waals surface area contributed by atoms with Crippen LogP contribution in [0.15, 0.2) is 48.6 Å². The molecule has 0 heterocycles. The molecule has 0 aromatic heterocycles. The monoisotopic (exact) mass is 339 g/mol. The molecule has 0 spiro atoms. The summed E-state index contributed by atoms with van der Waals surface area (Å²) in [5.41, 5.74) is 3.06. The van der Waals surface area contributed by atoms with Crippen LogP contribution in [-0.2, 0) is 4.74 Å². The van der Waals surface area contributed by atoms with Crippen molar-refractivity contribution < 1.29 is 17.9 Å². The summed E-state index contributed by atoms with van der Waals surface area (Å²) in [5, 5.41) is 3.27. The largest absolute Gasteiger partial charge is 0.416 e. The Morgan fingerprint density at radius 3 is 2.62 bits per heavy atom. The van der Waals surface area contributed by atoms with Gasteiger partial charge in [-0.15, -0.1) is 0 Å². The summed E-state index contributed by atoms with van der Waals surface area (Å²) in [5.74, 6) is 0. The van der Waals surface area contributed by atoms with Gasteiger partial charge < -0.3 is 10.1 Å². The molecule has 0 bridgehead atoms. The van der Waals surface area contributed by atoms with Crippen molar-refractivity contribution in [2.24, 2.45) is 0 Å². The van der Waals surface area contributed by atoms with E-state index in [0.717, 1.165) is 34.5 Å². The number of hydrogen-bond donors (Lipinski definition) is 1. The lowest BCUT2D eigenvalue weighted by Crippen LogP contribution is -2.09. The van der Waals surface area contributed by atoms with E-state index >= 15 is 0 Å². The molecule has 2 nitrogen and oxygen atoms in total. The van der Waals surface area contributed by atoms with Crippen LogP contribution in [0.2, 0.25) is 0 Å². The highest BCUT2D eigenvalue weighted by Crippen LogP contribution is 2.29. The summed E-state index contributed by atoms with van der Waals surface area (Å²) < 4.78 is 43.0. The molecular weight excluding hydrogens is 315 g/mol. The highest BCUT2D eigenvalue weighted by atomic mass is 19.4. The van der Waals surface area contributed by atoms with E-state index < -0.39 is 11.7 Å². The third-order valence-corrected chi connectivity index (χ3v) is 3.64. The molecule has 5 heteroatoms. The Bertz CT molecular complexity index is 616. The third kappa shape index (κ3) is 5.89. The lowest BCUT2D eigenvalue weighted by Gasteiger charge is -2.14. The number of allylic oxidation sites excluding steroid dienone is 5. The number of anilines is 1. The molecule has 0 fully saturated rings. The van der Waals surface area contributed by atoms with E-state index in [9.17, 15) is 13.2 Å². The molecule has 0 amide bonds. The van der Waals surface area contributed by atoms with Crippen LogP contribution < -0.4 is 5.32 Å². The number of rotatable bonds is 8. The van der Waals surface area contributed by atoms with Gasteiger partial charge in [-0.05, 0) is 43.0 Å². The van der Waals surface area contributed by atoms with E-state index in [0.29, 0.717) is 19.6 Å². The van der Waals surface area contributed by atoms with Crippen LogP contribution in [0, 0.1) is 6.92 Å². The van der Waals surface area contributed by atoms with Crippen molar-refractivity contribution in [1.82, 2.24) is 0 Å². The Hall–Kier alpha value is -2.01. The average Bonchev–Trinajstić information content (AvgIpc) is 2.52. The van der Waals surface area contributed by atoms with Crippen molar-refractivity contribution in [3.63, 3.8) is 0 Å². The lowest BCUT2D eigenvalue weighted by molar-refractivity contribution is -0.0883. The van der Waals surface area contributed by atoms with Gasteiger partial charge in [0.05, 0.1) is 12.2 Å². The minimum absolute atomic E-state index is 0.357. The van der Waals surface area contributed by atoms with Gasteiger partial charge in [0.15, 0.2) is 0 Å². The fraction of sp³-hybridized carbons (Fsp3) is 0.368. The maximum Gasteiger partial charge on any atom is 0.416 e. The van der Waals surface area contributed by atoms with Gasteiger partial charge in [-0.25, -0.2) is 0 Å². The van der Waals surface area contributed by atoms with Gasteiger partial charge in [-0.1, -0.05) is 36.9 Å². The second-order valence-corrected chi connectivity index (χ2v) is 5.35. The van der Waals surface area contributed by atoms with E-state index in [-0.39, 0.29) is 0 Å². The minimum Gasteiger partial charge on any atom is -0.383 e. The molecule has 1 aromatic carbocycles. The molecule has 0 aliphatic rings. The highest BCUT2D eigenvalue weighted by Gasteiger charge is 2.30. The van der Waals surface area contributed by atoms with Gasteiger partial charge in [0.2, 0.25) is 0 Å². The summed E-state index contributed by atoms with van der Waals surface area (Å²) in [6.45, 7) is 8.62. The molecule has 1 N–H and O–H groups in total. The second kappa shape index (κ2) is 9.33. The van der Waals surface area contributed by atoms with Crippen molar-refractivity contribution in [3.8, 4) is 0 Å². The first kappa shape index (κ1) is 20.0. The maximum atomic E-state index is 12.7. The van der Waals surface area contributed by atoms with Gasteiger partial charge in [0, 0.05) is 19.3 Å². The zero-order valence-electron chi connectivity index (χ0n) is 14.3. The topological polar surface area (TPSA) is 21.3 Å². The fourth-order valence-electron chi connectivity index (χ4n) is 2.29. The predicted octanol–water partition coefficient (Wildman–Crippen LogP) is 5.52. The van der Waals surface area contributed by atoms with E-state index in [1.807, 2.05) is 25.1 Å². The van der Waals surface area contributed by atoms with Crippen LogP contribution in [-0.4, -0.2) is 26.4 Å². The molecule has 132 valence electrons. The molecule has 0 saturated heterocycles. The van der Waals surface area contributed by atoms with E-state index in [1.165, 1.54) is 13.0 Å². The van der Waals surface area contributed by atoms with Gasteiger partial charge >= 0.3 is 6.18 Å². The molecule has 1 rings (SSSR count). The molecule has 24 heavy (non-hydrogen) atoms. The van der Waals surface area contributed by atoms with Crippen LogP contribution in [0.25, 0.3) is 5.57 Å². The number of alkyl halides is 3. The Balaban J connectivity index is 2.80. The summed E-state index contributed by atoms with van der Waals surface area (Å²) in [6, 6.07) is 5.78. The fourth-order valence-corrected chi connectivity index (χ4v) is 2.29. The molecule has 0 radical (unpaired) electrons. The Morgan fingerprint density at radius 1 is 1.33 bits per heavy atom. The van der Waals surface area contributed by atoms with Crippen LogP contribution >= 0.6 is 0 Å². The SMILES string of the molecule is C=C(CC=C/C(=C\C)C(F)(F)F)c1cccc(NCCOC)c1C. The number of methoxy groups -OCH3 is 1. The first-order valence-corrected chi connectivity index (χ1v) is 7.71. The van der Waals surface area contributed by atoms with Gasteiger partial charge in [-0.2, -0.15) is 13.2 Å². The molecule has 0 saturated carbocycles. The van der Waals surface area contributed by atoms with Crippen molar-refractivity contribution in [2.75, 3.05) is 25.6 Å². The van der Waals surface area contributed by atoms with E-state index in [2.05, 4.69) is 11.9 Å². The van der Waals surface area contributed by atoms with Crippen molar-refractivity contribution in [3.05, 3.63) is 59.7 Å². The first-order valence-electron chi connectivity index (χ1n) is 7.71. The summed E-state index contributed by atoms with van der Waals surface area (Å²) >= 11 is 0. The quantitative estimate of drug-likeness (QED) is 0.497. The first-order chi connectivity index (χ1) is 11.3. The van der Waals surface area contributed by atoms with Crippen LogP contribution in [0.1, 0.15) is 24.5 Å². The Morgan fingerprint density at radius 2 is 2.04 bits per heavy atom. The van der Waals surface area contributed by atoms with Crippen molar-refractivity contribution in [1.29, 1.82) is 0 Å².